The van der Waals surface area contributed by atoms with E-state index in [2.05, 4.69) is 25.5 Å². The smallest absolute Gasteiger partial charge is 0.259 e. The number of halogens is 1. The normalized spacial score (nSPS) is 10.9. The maximum atomic E-state index is 12.4. The van der Waals surface area contributed by atoms with E-state index >= 15 is 0 Å². The Hall–Kier alpha value is -3.10. The van der Waals surface area contributed by atoms with Gasteiger partial charge in [0.05, 0.1) is 17.1 Å². The van der Waals surface area contributed by atoms with Crippen LogP contribution in [0.3, 0.4) is 0 Å². The molecule has 2 aromatic heterocycles. The molecule has 0 aliphatic rings. The Kier molecular flexibility index (Phi) is 5.14. The molecule has 28 heavy (non-hydrogen) atoms. The van der Waals surface area contributed by atoms with Crippen LogP contribution >= 0.6 is 23.4 Å². The van der Waals surface area contributed by atoms with Crippen LogP contribution in [0.1, 0.15) is 15.9 Å². The topological polar surface area (TPSA) is 104 Å². The van der Waals surface area contributed by atoms with Crippen molar-refractivity contribution in [3.8, 4) is 5.75 Å². The van der Waals surface area contributed by atoms with E-state index in [-0.39, 0.29) is 11.3 Å². The molecule has 4 rings (SSSR count). The largest absolute Gasteiger partial charge is 0.507 e. The van der Waals surface area contributed by atoms with Gasteiger partial charge in [-0.15, -0.1) is 11.8 Å². The lowest BCUT2D eigenvalue weighted by atomic mass is 10.1. The molecule has 1 amide bonds. The summed E-state index contributed by atoms with van der Waals surface area (Å²) in [5, 5.41) is 21.6. The minimum atomic E-state index is -0.408. The Balaban J connectivity index is 1.47. The Labute approximate surface area is 169 Å². The maximum Gasteiger partial charge on any atom is 0.259 e. The highest BCUT2D eigenvalue weighted by Crippen LogP contribution is 2.27. The Bertz CT molecular complexity index is 1160. The summed E-state index contributed by atoms with van der Waals surface area (Å²) in [7, 11) is 0. The number of carbonyl (C=O) groups is 1. The van der Waals surface area contributed by atoms with Gasteiger partial charge in [-0.25, -0.2) is 9.97 Å². The minimum Gasteiger partial charge on any atom is -0.507 e. The molecule has 0 unspecified atom stereocenters. The number of H-pyrrole nitrogens is 1. The third-order valence-electron chi connectivity index (χ3n) is 3.98. The first-order valence-electron chi connectivity index (χ1n) is 8.26. The fourth-order valence-electron chi connectivity index (χ4n) is 2.64. The zero-order valence-corrected chi connectivity index (χ0v) is 16.0. The molecule has 0 fully saturated rings. The standard InChI is InChI=1S/C19H14ClN5O2S/c20-12-4-5-14(16(26)7-12)18(27)24-13-3-1-2-11(6-13)9-28-19-15-8-23-25-17(15)21-10-22-19/h1-8,10,26H,9H2,(H,24,27)(H,21,22,23,25). The van der Waals surface area contributed by atoms with Crippen molar-refractivity contribution in [1.82, 2.24) is 20.2 Å². The van der Waals surface area contributed by atoms with E-state index in [0.29, 0.717) is 22.1 Å². The third-order valence-corrected chi connectivity index (χ3v) is 5.29. The number of nitrogens with zero attached hydrogens (tertiary/aromatic N) is 3. The Morgan fingerprint density at radius 1 is 1.21 bits per heavy atom. The molecule has 3 N–H and O–H groups in total. The number of carbonyl (C=O) groups excluding carboxylic acids is 1. The van der Waals surface area contributed by atoms with E-state index in [0.717, 1.165) is 16.0 Å². The van der Waals surface area contributed by atoms with Crippen molar-refractivity contribution in [3.63, 3.8) is 0 Å². The molecule has 0 saturated carbocycles. The molecule has 0 saturated heterocycles. The number of nitrogens with one attached hydrogen (secondary N) is 2. The molecular weight excluding hydrogens is 398 g/mol. The monoisotopic (exact) mass is 411 g/mol. The Morgan fingerprint density at radius 3 is 2.96 bits per heavy atom. The molecule has 140 valence electrons. The van der Waals surface area contributed by atoms with Crippen molar-refractivity contribution < 1.29 is 9.90 Å². The lowest BCUT2D eigenvalue weighted by molar-refractivity contribution is 0.102. The van der Waals surface area contributed by atoms with E-state index in [1.165, 1.54) is 18.5 Å². The number of phenols is 1. The molecule has 4 aromatic rings. The van der Waals surface area contributed by atoms with Gasteiger partial charge in [-0.05, 0) is 35.9 Å². The van der Waals surface area contributed by atoms with Crippen LogP contribution in [0.5, 0.6) is 5.75 Å². The number of thioether (sulfide) groups is 1. The molecule has 0 atom stereocenters. The van der Waals surface area contributed by atoms with Crippen LogP contribution in [-0.2, 0) is 5.75 Å². The van der Waals surface area contributed by atoms with Crippen LogP contribution in [0.4, 0.5) is 5.69 Å². The second-order valence-corrected chi connectivity index (χ2v) is 7.32. The summed E-state index contributed by atoms with van der Waals surface area (Å²) in [6, 6.07) is 11.9. The quantitative estimate of drug-likeness (QED) is 0.335. The van der Waals surface area contributed by atoms with Gasteiger partial charge < -0.3 is 10.4 Å². The summed E-state index contributed by atoms with van der Waals surface area (Å²) in [5.41, 5.74) is 2.50. The molecule has 0 aliphatic heterocycles. The molecule has 0 spiro atoms. The van der Waals surface area contributed by atoms with Crippen LogP contribution in [0.2, 0.25) is 5.02 Å². The van der Waals surface area contributed by atoms with Gasteiger partial charge in [-0.2, -0.15) is 5.10 Å². The predicted octanol–water partition coefficient (Wildman–Crippen LogP) is 4.26. The number of hydrogen-bond acceptors (Lipinski definition) is 6. The first-order chi connectivity index (χ1) is 13.6. The highest BCUT2D eigenvalue weighted by molar-refractivity contribution is 7.98. The predicted molar refractivity (Wildman–Crippen MR) is 109 cm³/mol. The van der Waals surface area contributed by atoms with Gasteiger partial charge in [0.25, 0.3) is 5.91 Å². The van der Waals surface area contributed by atoms with Crippen molar-refractivity contribution in [2.45, 2.75) is 10.8 Å². The van der Waals surface area contributed by atoms with Crippen LogP contribution in [0, 0.1) is 0 Å². The summed E-state index contributed by atoms with van der Waals surface area (Å²) in [6.45, 7) is 0. The first kappa shape index (κ1) is 18.3. The number of fused-ring (bicyclic) bond motifs is 1. The van der Waals surface area contributed by atoms with Crippen LogP contribution in [0.15, 0.2) is 60.0 Å². The lowest BCUT2D eigenvalue weighted by Crippen LogP contribution is -2.12. The zero-order chi connectivity index (χ0) is 19.5. The summed E-state index contributed by atoms with van der Waals surface area (Å²) in [6.07, 6.45) is 3.20. The molecule has 2 aromatic carbocycles. The zero-order valence-electron chi connectivity index (χ0n) is 14.4. The second kappa shape index (κ2) is 7.87. The van der Waals surface area contributed by atoms with Gasteiger partial charge in [0, 0.05) is 16.5 Å². The van der Waals surface area contributed by atoms with Gasteiger partial charge in [0.2, 0.25) is 0 Å². The van der Waals surface area contributed by atoms with Crippen molar-refractivity contribution in [2.75, 3.05) is 5.32 Å². The highest BCUT2D eigenvalue weighted by atomic mass is 35.5. The maximum absolute atomic E-state index is 12.4. The van der Waals surface area contributed by atoms with E-state index < -0.39 is 5.91 Å². The third kappa shape index (κ3) is 3.92. The van der Waals surface area contributed by atoms with Crippen molar-refractivity contribution in [2.24, 2.45) is 0 Å². The lowest BCUT2D eigenvalue weighted by Gasteiger charge is -2.09. The number of aromatic amines is 1. The van der Waals surface area contributed by atoms with E-state index in [1.807, 2.05) is 18.2 Å². The van der Waals surface area contributed by atoms with Crippen LogP contribution in [0.25, 0.3) is 11.0 Å². The molecule has 0 aliphatic carbocycles. The van der Waals surface area contributed by atoms with E-state index in [4.69, 9.17) is 11.6 Å². The number of aromatic nitrogens is 4. The Morgan fingerprint density at radius 2 is 2.11 bits per heavy atom. The number of anilines is 1. The van der Waals surface area contributed by atoms with E-state index in [1.54, 1.807) is 30.1 Å². The highest BCUT2D eigenvalue weighted by Gasteiger charge is 2.12. The van der Waals surface area contributed by atoms with E-state index in [9.17, 15) is 9.90 Å². The number of aromatic hydroxyl groups is 1. The number of amides is 1. The van der Waals surface area contributed by atoms with Crippen LogP contribution < -0.4 is 5.32 Å². The number of rotatable bonds is 5. The van der Waals surface area contributed by atoms with Crippen molar-refractivity contribution in [3.05, 3.63) is 71.1 Å². The second-order valence-electron chi connectivity index (χ2n) is 5.92. The van der Waals surface area contributed by atoms with Crippen molar-refractivity contribution >= 4 is 46.0 Å². The number of benzene rings is 2. The molecule has 0 radical (unpaired) electrons. The fourth-order valence-corrected chi connectivity index (χ4v) is 3.72. The molecule has 9 heteroatoms. The average Bonchev–Trinajstić information content (AvgIpc) is 3.16. The molecule has 2 heterocycles. The van der Waals surface area contributed by atoms with Gasteiger partial charge in [-0.1, -0.05) is 23.7 Å². The molecule has 7 nitrogen and oxygen atoms in total. The summed E-state index contributed by atoms with van der Waals surface area (Å²) in [4.78, 5) is 20.8. The summed E-state index contributed by atoms with van der Waals surface area (Å²) < 4.78 is 0. The fraction of sp³-hybridized carbons (Fsp3) is 0.0526. The number of hydrogen-bond donors (Lipinski definition) is 3. The number of phenolic OH excluding ortho intramolecular Hbond substituents is 1. The van der Waals surface area contributed by atoms with Gasteiger partial charge in [0.15, 0.2) is 5.65 Å². The van der Waals surface area contributed by atoms with Crippen molar-refractivity contribution in [1.29, 1.82) is 0 Å². The van der Waals surface area contributed by atoms with Gasteiger partial charge in [-0.3, -0.25) is 9.89 Å². The van der Waals surface area contributed by atoms with Gasteiger partial charge in [0.1, 0.15) is 17.1 Å². The molecular formula is C19H14ClN5O2S. The van der Waals surface area contributed by atoms with Gasteiger partial charge >= 0.3 is 0 Å². The molecule has 0 bridgehead atoms. The first-order valence-corrected chi connectivity index (χ1v) is 9.62. The minimum absolute atomic E-state index is 0.160. The van der Waals surface area contributed by atoms with Crippen LogP contribution in [-0.4, -0.2) is 31.2 Å². The summed E-state index contributed by atoms with van der Waals surface area (Å²) >= 11 is 7.37. The summed E-state index contributed by atoms with van der Waals surface area (Å²) in [5.74, 6) is 0.0900. The SMILES string of the molecule is O=C(Nc1cccc(CSc2ncnc3[nH]ncc23)c1)c1ccc(Cl)cc1O. The average molecular weight is 412 g/mol.